The van der Waals surface area contributed by atoms with Crippen molar-refractivity contribution in [3.63, 3.8) is 0 Å². The standard InChI is InChI=1S/C18H14N8S/c1-25-9-14(7-21-25)13-6-19-17-16(8-22-26(17)10-13)12-3-2-4-15(5-12)23-18-24-20-11-27-18/h2-11H,1H3,(H,23,24). The summed E-state index contributed by atoms with van der Waals surface area (Å²) in [5.74, 6) is 0. The van der Waals surface area contributed by atoms with E-state index < -0.39 is 0 Å². The number of rotatable bonds is 4. The van der Waals surface area contributed by atoms with E-state index in [2.05, 4.69) is 36.8 Å². The molecule has 0 radical (unpaired) electrons. The normalized spacial score (nSPS) is 11.1. The Morgan fingerprint density at radius 2 is 1.93 bits per heavy atom. The highest BCUT2D eigenvalue weighted by Crippen LogP contribution is 2.28. The predicted molar refractivity (Wildman–Crippen MR) is 104 cm³/mol. The number of hydrogen-bond acceptors (Lipinski definition) is 7. The van der Waals surface area contributed by atoms with Gasteiger partial charge in [0.25, 0.3) is 0 Å². The summed E-state index contributed by atoms with van der Waals surface area (Å²) in [6.45, 7) is 0. The lowest BCUT2D eigenvalue weighted by Crippen LogP contribution is -1.92. The van der Waals surface area contributed by atoms with Crippen LogP contribution in [0.3, 0.4) is 0 Å². The van der Waals surface area contributed by atoms with E-state index in [1.165, 1.54) is 11.3 Å². The molecule has 9 heteroatoms. The zero-order chi connectivity index (χ0) is 18.2. The maximum atomic E-state index is 4.63. The van der Waals surface area contributed by atoms with Gasteiger partial charge >= 0.3 is 0 Å². The molecule has 0 fully saturated rings. The van der Waals surface area contributed by atoms with Crippen molar-refractivity contribution in [2.45, 2.75) is 0 Å². The molecule has 1 aromatic carbocycles. The van der Waals surface area contributed by atoms with Gasteiger partial charge in [0.1, 0.15) is 5.51 Å². The first-order valence-corrected chi connectivity index (χ1v) is 9.10. The molecule has 0 atom stereocenters. The van der Waals surface area contributed by atoms with Gasteiger partial charge in [-0.15, -0.1) is 10.2 Å². The third kappa shape index (κ3) is 2.93. The molecule has 0 unspecified atom stereocenters. The van der Waals surface area contributed by atoms with Gasteiger partial charge in [-0.05, 0) is 17.7 Å². The molecule has 132 valence electrons. The van der Waals surface area contributed by atoms with Gasteiger partial charge in [-0.25, -0.2) is 9.50 Å². The molecular weight excluding hydrogens is 360 g/mol. The van der Waals surface area contributed by atoms with E-state index >= 15 is 0 Å². The zero-order valence-corrected chi connectivity index (χ0v) is 15.1. The number of hydrogen-bond donors (Lipinski definition) is 1. The summed E-state index contributed by atoms with van der Waals surface area (Å²) in [4.78, 5) is 4.63. The van der Waals surface area contributed by atoms with Crippen LogP contribution in [0.5, 0.6) is 0 Å². The molecular formula is C18H14N8S. The number of benzene rings is 1. The summed E-state index contributed by atoms with van der Waals surface area (Å²) in [5.41, 5.74) is 7.41. The minimum Gasteiger partial charge on any atom is -0.330 e. The highest BCUT2D eigenvalue weighted by atomic mass is 32.1. The van der Waals surface area contributed by atoms with Crippen LogP contribution in [0.2, 0.25) is 0 Å². The van der Waals surface area contributed by atoms with Crippen molar-refractivity contribution in [3.05, 3.63) is 60.8 Å². The average molecular weight is 374 g/mol. The average Bonchev–Trinajstić information content (AvgIpc) is 3.42. The largest absolute Gasteiger partial charge is 0.330 e. The first-order chi connectivity index (χ1) is 13.3. The van der Waals surface area contributed by atoms with Gasteiger partial charge in [0.15, 0.2) is 5.65 Å². The van der Waals surface area contributed by atoms with Gasteiger partial charge in [0.2, 0.25) is 5.13 Å². The second-order valence-electron chi connectivity index (χ2n) is 6.02. The number of aromatic nitrogens is 7. The van der Waals surface area contributed by atoms with E-state index in [9.17, 15) is 0 Å². The third-order valence-electron chi connectivity index (χ3n) is 4.18. The van der Waals surface area contributed by atoms with E-state index in [-0.39, 0.29) is 0 Å². The molecule has 8 nitrogen and oxygen atoms in total. The lowest BCUT2D eigenvalue weighted by Gasteiger charge is -2.05. The second-order valence-corrected chi connectivity index (χ2v) is 6.85. The first-order valence-electron chi connectivity index (χ1n) is 8.22. The molecule has 4 aromatic heterocycles. The van der Waals surface area contributed by atoms with E-state index in [1.807, 2.05) is 56.2 Å². The van der Waals surface area contributed by atoms with E-state index in [1.54, 1.807) is 14.7 Å². The molecule has 0 spiro atoms. The summed E-state index contributed by atoms with van der Waals surface area (Å²) < 4.78 is 3.56. The number of aryl methyl sites for hydroxylation is 1. The third-order valence-corrected chi connectivity index (χ3v) is 4.79. The highest BCUT2D eigenvalue weighted by molar-refractivity contribution is 7.13. The highest BCUT2D eigenvalue weighted by Gasteiger charge is 2.11. The van der Waals surface area contributed by atoms with Crippen LogP contribution in [-0.2, 0) is 7.05 Å². The SMILES string of the molecule is Cn1cc(-c2cnc3c(-c4cccc(Nc5nncs5)c4)cnn3c2)cn1. The summed E-state index contributed by atoms with van der Waals surface area (Å²) in [6, 6.07) is 8.07. The number of anilines is 2. The fourth-order valence-electron chi connectivity index (χ4n) is 2.91. The summed E-state index contributed by atoms with van der Waals surface area (Å²) in [7, 11) is 1.89. The van der Waals surface area contributed by atoms with Gasteiger partial charge in [-0.1, -0.05) is 23.5 Å². The molecule has 4 heterocycles. The Hall–Kier alpha value is -3.59. The van der Waals surface area contributed by atoms with Gasteiger partial charge in [0.05, 0.1) is 12.4 Å². The Bertz CT molecular complexity index is 1220. The molecule has 1 N–H and O–H groups in total. The van der Waals surface area contributed by atoms with Crippen molar-refractivity contribution in [2.75, 3.05) is 5.32 Å². The molecule has 0 aliphatic heterocycles. The van der Waals surface area contributed by atoms with Crippen molar-refractivity contribution >= 4 is 27.8 Å². The van der Waals surface area contributed by atoms with Crippen LogP contribution in [0.25, 0.3) is 27.9 Å². The van der Waals surface area contributed by atoms with Crippen LogP contribution in [-0.4, -0.2) is 34.6 Å². The molecule has 0 saturated carbocycles. The van der Waals surface area contributed by atoms with Crippen molar-refractivity contribution in [3.8, 4) is 22.3 Å². The van der Waals surface area contributed by atoms with Crippen LogP contribution in [0.4, 0.5) is 10.8 Å². The van der Waals surface area contributed by atoms with Crippen LogP contribution >= 0.6 is 11.3 Å². The summed E-state index contributed by atoms with van der Waals surface area (Å²) in [6.07, 6.45) is 9.41. The van der Waals surface area contributed by atoms with Gasteiger partial charge in [-0.2, -0.15) is 10.2 Å². The van der Waals surface area contributed by atoms with Crippen molar-refractivity contribution < 1.29 is 0 Å². The monoisotopic (exact) mass is 374 g/mol. The molecule has 27 heavy (non-hydrogen) atoms. The molecule has 0 aliphatic rings. The second kappa shape index (κ2) is 6.29. The van der Waals surface area contributed by atoms with Crippen LogP contribution in [0.15, 0.2) is 60.8 Å². The van der Waals surface area contributed by atoms with Crippen molar-refractivity contribution in [2.24, 2.45) is 7.05 Å². The summed E-state index contributed by atoms with van der Waals surface area (Å²) in [5, 5.41) is 20.6. The van der Waals surface area contributed by atoms with Gasteiger partial charge < -0.3 is 5.32 Å². The maximum Gasteiger partial charge on any atom is 0.209 e. The molecule has 0 aliphatic carbocycles. The fraction of sp³-hybridized carbons (Fsp3) is 0.0556. The number of nitrogens with zero attached hydrogens (tertiary/aromatic N) is 7. The van der Waals surface area contributed by atoms with Crippen molar-refractivity contribution in [1.29, 1.82) is 0 Å². The molecule has 0 amide bonds. The first kappa shape index (κ1) is 15.6. The van der Waals surface area contributed by atoms with Crippen LogP contribution in [0.1, 0.15) is 0 Å². The summed E-state index contributed by atoms with van der Waals surface area (Å²) >= 11 is 1.46. The van der Waals surface area contributed by atoms with E-state index in [0.717, 1.165) is 38.7 Å². The maximum absolute atomic E-state index is 4.63. The Kier molecular flexibility index (Phi) is 3.65. The Morgan fingerprint density at radius 3 is 2.74 bits per heavy atom. The van der Waals surface area contributed by atoms with Crippen LogP contribution < -0.4 is 5.32 Å². The predicted octanol–water partition coefficient (Wildman–Crippen LogP) is 3.39. The lowest BCUT2D eigenvalue weighted by molar-refractivity contribution is 0.768. The van der Waals surface area contributed by atoms with E-state index in [0.29, 0.717) is 0 Å². The number of nitrogens with one attached hydrogen (secondary N) is 1. The topological polar surface area (TPSA) is 85.8 Å². The molecule has 0 saturated heterocycles. The smallest absolute Gasteiger partial charge is 0.209 e. The zero-order valence-electron chi connectivity index (χ0n) is 14.3. The minimum atomic E-state index is 0.756. The van der Waals surface area contributed by atoms with Gasteiger partial charge in [0, 0.05) is 48.0 Å². The van der Waals surface area contributed by atoms with E-state index in [4.69, 9.17) is 0 Å². The fourth-order valence-corrected chi connectivity index (χ4v) is 3.38. The Balaban J connectivity index is 1.52. The van der Waals surface area contributed by atoms with Crippen LogP contribution in [0, 0.1) is 0 Å². The minimum absolute atomic E-state index is 0.756. The number of fused-ring (bicyclic) bond motifs is 1. The Morgan fingerprint density at radius 1 is 1.00 bits per heavy atom. The molecule has 5 aromatic rings. The lowest BCUT2D eigenvalue weighted by atomic mass is 10.1. The quantitative estimate of drug-likeness (QED) is 0.519. The molecule has 0 bridgehead atoms. The Labute approximate surface area is 158 Å². The van der Waals surface area contributed by atoms with Gasteiger partial charge in [-0.3, -0.25) is 4.68 Å². The molecule has 5 rings (SSSR count). The van der Waals surface area contributed by atoms with Crippen molar-refractivity contribution in [1.82, 2.24) is 34.6 Å².